The van der Waals surface area contributed by atoms with Gasteiger partial charge < -0.3 is 20.4 Å². The molecule has 0 aromatic heterocycles. The van der Waals surface area contributed by atoms with Crippen molar-refractivity contribution in [1.29, 1.82) is 0 Å². The summed E-state index contributed by atoms with van der Waals surface area (Å²) in [6.45, 7) is 1.87. The molecule has 0 spiro atoms. The zero-order valence-corrected chi connectivity index (χ0v) is 12.1. The van der Waals surface area contributed by atoms with Crippen LogP contribution in [0.25, 0.3) is 0 Å². The Labute approximate surface area is 124 Å². The lowest BCUT2D eigenvalue weighted by atomic mass is 10.3. The Hall–Kier alpha value is -1.14. The van der Waals surface area contributed by atoms with Crippen LogP contribution >= 0.6 is 11.6 Å². The molecule has 0 atom stereocenters. The summed E-state index contributed by atoms with van der Waals surface area (Å²) in [4.78, 5) is 13.8. The molecule has 112 valence electrons. The highest BCUT2D eigenvalue weighted by Crippen LogP contribution is 2.14. The molecule has 20 heavy (non-hydrogen) atoms. The number of halogens is 1. The molecule has 1 rings (SSSR count). The van der Waals surface area contributed by atoms with Gasteiger partial charge in [-0.3, -0.25) is 4.79 Å². The molecule has 0 saturated heterocycles. The van der Waals surface area contributed by atoms with Gasteiger partial charge >= 0.3 is 0 Å². The summed E-state index contributed by atoms with van der Waals surface area (Å²) in [5.74, 6) is -0.0980. The van der Waals surface area contributed by atoms with Crippen molar-refractivity contribution in [1.82, 2.24) is 4.90 Å². The molecular formula is C14H21ClN2O3. The van der Waals surface area contributed by atoms with Gasteiger partial charge in [-0.05, 0) is 24.6 Å². The summed E-state index contributed by atoms with van der Waals surface area (Å²) in [5.41, 5.74) is 0.673. The largest absolute Gasteiger partial charge is 0.396 e. The molecule has 0 unspecified atom stereocenters. The van der Waals surface area contributed by atoms with Gasteiger partial charge in [0.25, 0.3) is 0 Å². The third-order valence-electron chi connectivity index (χ3n) is 2.81. The molecular weight excluding hydrogens is 280 g/mol. The SMILES string of the molecule is O=C(CCN(CCO)CCCO)Nc1cccc(Cl)c1. The average Bonchev–Trinajstić information content (AvgIpc) is 2.42. The molecule has 5 nitrogen and oxygen atoms in total. The van der Waals surface area contributed by atoms with E-state index >= 15 is 0 Å². The number of amides is 1. The van der Waals surface area contributed by atoms with Crippen molar-refractivity contribution in [2.45, 2.75) is 12.8 Å². The number of carbonyl (C=O) groups excluding carboxylic acids is 1. The Morgan fingerprint density at radius 1 is 1.20 bits per heavy atom. The molecule has 0 saturated carbocycles. The van der Waals surface area contributed by atoms with Crippen molar-refractivity contribution in [2.24, 2.45) is 0 Å². The van der Waals surface area contributed by atoms with Crippen LogP contribution in [0, 0.1) is 0 Å². The Kier molecular flexibility index (Phi) is 8.22. The van der Waals surface area contributed by atoms with Gasteiger partial charge in [0.2, 0.25) is 5.91 Å². The molecule has 0 bridgehead atoms. The van der Waals surface area contributed by atoms with Crippen LogP contribution in [-0.2, 0) is 4.79 Å². The fourth-order valence-corrected chi connectivity index (χ4v) is 2.01. The molecule has 0 fully saturated rings. The second kappa shape index (κ2) is 9.72. The highest BCUT2D eigenvalue weighted by atomic mass is 35.5. The third kappa shape index (κ3) is 6.86. The van der Waals surface area contributed by atoms with Gasteiger partial charge in [0.05, 0.1) is 6.61 Å². The van der Waals surface area contributed by atoms with Crippen LogP contribution in [0.3, 0.4) is 0 Å². The average molecular weight is 301 g/mol. The summed E-state index contributed by atoms with van der Waals surface area (Å²) in [7, 11) is 0. The van der Waals surface area contributed by atoms with Crippen molar-refractivity contribution in [3.05, 3.63) is 29.3 Å². The molecule has 0 radical (unpaired) electrons. The molecule has 1 aromatic carbocycles. The van der Waals surface area contributed by atoms with Gasteiger partial charge in [-0.25, -0.2) is 0 Å². The molecule has 1 amide bonds. The van der Waals surface area contributed by atoms with Crippen LogP contribution in [-0.4, -0.2) is 53.9 Å². The number of benzene rings is 1. The highest BCUT2D eigenvalue weighted by molar-refractivity contribution is 6.30. The quantitative estimate of drug-likeness (QED) is 0.643. The number of hydrogen-bond acceptors (Lipinski definition) is 4. The summed E-state index contributed by atoms with van der Waals surface area (Å²) in [6, 6.07) is 6.99. The normalized spacial score (nSPS) is 10.8. The van der Waals surface area contributed by atoms with Crippen molar-refractivity contribution in [3.8, 4) is 0 Å². The number of anilines is 1. The summed E-state index contributed by atoms with van der Waals surface area (Å²) < 4.78 is 0. The predicted molar refractivity (Wildman–Crippen MR) is 79.9 cm³/mol. The third-order valence-corrected chi connectivity index (χ3v) is 3.05. The van der Waals surface area contributed by atoms with E-state index in [4.69, 9.17) is 21.8 Å². The Bertz CT molecular complexity index is 415. The van der Waals surface area contributed by atoms with Crippen LogP contribution in [0.2, 0.25) is 5.02 Å². The number of carbonyl (C=O) groups is 1. The summed E-state index contributed by atoms with van der Waals surface area (Å²) in [5, 5.41) is 21.1. The van der Waals surface area contributed by atoms with E-state index in [1.807, 2.05) is 4.90 Å². The van der Waals surface area contributed by atoms with E-state index in [-0.39, 0.29) is 19.1 Å². The fraction of sp³-hybridized carbons (Fsp3) is 0.500. The maximum Gasteiger partial charge on any atom is 0.225 e. The van der Waals surface area contributed by atoms with Crippen molar-refractivity contribution < 1.29 is 15.0 Å². The molecule has 0 aliphatic heterocycles. The number of rotatable bonds is 9. The molecule has 0 aliphatic rings. The number of aliphatic hydroxyl groups is 2. The first kappa shape index (κ1) is 16.9. The Balaban J connectivity index is 2.37. The first-order valence-corrected chi connectivity index (χ1v) is 7.03. The fourth-order valence-electron chi connectivity index (χ4n) is 1.82. The van der Waals surface area contributed by atoms with E-state index < -0.39 is 0 Å². The zero-order valence-electron chi connectivity index (χ0n) is 11.4. The van der Waals surface area contributed by atoms with Crippen LogP contribution in [0.15, 0.2) is 24.3 Å². The minimum atomic E-state index is -0.0980. The van der Waals surface area contributed by atoms with Crippen molar-refractivity contribution >= 4 is 23.2 Å². The lowest BCUT2D eigenvalue weighted by Crippen LogP contribution is -2.31. The standard InChI is InChI=1S/C14H21ClN2O3/c15-12-3-1-4-13(11-12)16-14(20)5-7-17(8-10-19)6-2-9-18/h1,3-4,11,18-19H,2,5-10H2,(H,16,20). The lowest BCUT2D eigenvalue weighted by Gasteiger charge is -2.20. The van der Waals surface area contributed by atoms with Crippen molar-refractivity contribution in [3.63, 3.8) is 0 Å². The van der Waals surface area contributed by atoms with E-state index in [0.717, 1.165) is 0 Å². The van der Waals surface area contributed by atoms with Gasteiger partial charge in [-0.15, -0.1) is 0 Å². The van der Waals surface area contributed by atoms with Gasteiger partial charge in [-0.1, -0.05) is 17.7 Å². The molecule has 1 aromatic rings. The Morgan fingerprint density at radius 3 is 2.65 bits per heavy atom. The minimum Gasteiger partial charge on any atom is -0.396 e. The van der Waals surface area contributed by atoms with Gasteiger partial charge in [0, 0.05) is 43.4 Å². The second-order valence-corrected chi connectivity index (χ2v) is 4.89. The van der Waals surface area contributed by atoms with Gasteiger partial charge in [0.15, 0.2) is 0 Å². The molecule has 6 heteroatoms. The van der Waals surface area contributed by atoms with E-state index in [0.29, 0.717) is 43.2 Å². The Morgan fingerprint density at radius 2 is 2.00 bits per heavy atom. The maximum atomic E-state index is 11.8. The van der Waals surface area contributed by atoms with Gasteiger partial charge in [0.1, 0.15) is 0 Å². The minimum absolute atomic E-state index is 0.0430. The van der Waals surface area contributed by atoms with E-state index in [1.165, 1.54) is 0 Å². The summed E-state index contributed by atoms with van der Waals surface area (Å²) in [6.07, 6.45) is 0.966. The number of nitrogens with zero attached hydrogens (tertiary/aromatic N) is 1. The summed E-state index contributed by atoms with van der Waals surface area (Å²) >= 11 is 5.84. The molecule has 0 aliphatic carbocycles. The van der Waals surface area contributed by atoms with Crippen LogP contribution in [0.5, 0.6) is 0 Å². The lowest BCUT2D eigenvalue weighted by molar-refractivity contribution is -0.116. The number of aliphatic hydroxyl groups excluding tert-OH is 2. The van der Waals surface area contributed by atoms with E-state index in [9.17, 15) is 4.79 Å². The first-order chi connectivity index (χ1) is 9.65. The zero-order chi connectivity index (χ0) is 14.8. The van der Waals surface area contributed by atoms with Crippen LogP contribution in [0.1, 0.15) is 12.8 Å². The highest BCUT2D eigenvalue weighted by Gasteiger charge is 2.08. The van der Waals surface area contributed by atoms with Gasteiger partial charge in [-0.2, -0.15) is 0 Å². The molecule has 0 heterocycles. The monoisotopic (exact) mass is 300 g/mol. The van der Waals surface area contributed by atoms with Crippen molar-refractivity contribution in [2.75, 3.05) is 38.2 Å². The van der Waals surface area contributed by atoms with Crippen LogP contribution in [0.4, 0.5) is 5.69 Å². The van der Waals surface area contributed by atoms with Crippen LogP contribution < -0.4 is 5.32 Å². The smallest absolute Gasteiger partial charge is 0.225 e. The number of hydrogen-bond donors (Lipinski definition) is 3. The first-order valence-electron chi connectivity index (χ1n) is 6.65. The van der Waals surface area contributed by atoms with E-state index in [1.54, 1.807) is 24.3 Å². The number of nitrogens with one attached hydrogen (secondary N) is 1. The molecule has 3 N–H and O–H groups in total. The van der Waals surface area contributed by atoms with E-state index in [2.05, 4.69) is 5.32 Å². The topological polar surface area (TPSA) is 72.8 Å². The predicted octanol–water partition coefficient (Wildman–Crippen LogP) is 1.35. The second-order valence-electron chi connectivity index (χ2n) is 4.45. The maximum absolute atomic E-state index is 11.8.